The molecule has 1 fully saturated rings. The number of guanidine groups is 1. The molecule has 1 saturated heterocycles. The lowest BCUT2D eigenvalue weighted by molar-refractivity contribution is -0.147. The normalized spacial score (nSPS) is 16.1. The first kappa shape index (κ1) is 36.7. The Kier molecular flexibility index (Phi) is 13.2. The van der Waals surface area contributed by atoms with E-state index in [9.17, 15) is 14.4 Å². The molecule has 0 saturated carbocycles. The van der Waals surface area contributed by atoms with E-state index in [1.165, 1.54) is 4.90 Å². The predicted octanol–water partition coefficient (Wildman–Crippen LogP) is 1.97. The van der Waals surface area contributed by atoms with E-state index in [2.05, 4.69) is 58.7 Å². The molecule has 0 spiro atoms. The van der Waals surface area contributed by atoms with Crippen LogP contribution in [0, 0.1) is 5.41 Å². The van der Waals surface area contributed by atoms with Crippen molar-refractivity contribution in [3.05, 3.63) is 41.2 Å². The highest BCUT2D eigenvalue weighted by molar-refractivity contribution is 9.10. The van der Waals surface area contributed by atoms with Gasteiger partial charge in [-0.25, -0.2) is 9.59 Å². The van der Waals surface area contributed by atoms with Gasteiger partial charge in [0.25, 0.3) is 11.8 Å². The van der Waals surface area contributed by atoms with Crippen LogP contribution in [0.4, 0.5) is 5.69 Å². The van der Waals surface area contributed by atoms with Crippen LogP contribution in [0.3, 0.4) is 0 Å². The molecule has 0 bridgehead atoms. The largest absolute Gasteiger partial charge is 0.471 e. The Hall–Kier alpha value is -4.13. The second kappa shape index (κ2) is 17.3. The fraction of sp³-hybridized carbons (Fsp3) is 0.467. The number of morpholine rings is 1. The number of rotatable bonds is 10. The molecule has 4 rings (SSSR count). The number of nitrogens with one attached hydrogen (secondary N) is 3. The maximum Gasteiger partial charge on any atom is 0.331 e. The zero-order chi connectivity index (χ0) is 34.7. The molecule has 1 atom stereocenters. The third-order valence-electron chi connectivity index (χ3n) is 6.83. The van der Waals surface area contributed by atoms with Crippen LogP contribution < -0.4 is 10.6 Å². The van der Waals surface area contributed by atoms with Gasteiger partial charge in [-0.1, -0.05) is 0 Å². The van der Waals surface area contributed by atoms with Crippen LogP contribution in [0.5, 0.6) is 0 Å². The topological polar surface area (TPSA) is 193 Å². The zero-order valence-corrected chi connectivity index (χ0v) is 29.3. The molecule has 3 N–H and O–H groups in total. The molecule has 0 aliphatic carbocycles. The maximum absolute atomic E-state index is 12.9. The van der Waals surface area contributed by atoms with Crippen molar-refractivity contribution in [3.8, 4) is 0 Å². The van der Waals surface area contributed by atoms with Gasteiger partial charge in [-0.05, 0) is 61.6 Å². The Balaban J connectivity index is 1.27. The number of hydrogen-bond acceptors (Lipinski definition) is 15. The fourth-order valence-electron chi connectivity index (χ4n) is 4.44. The smallest absolute Gasteiger partial charge is 0.331 e. The van der Waals surface area contributed by atoms with E-state index in [0.717, 1.165) is 12.2 Å². The van der Waals surface area contributed by atoms with Gasteiger partial charge in [0.05, 0.1) is 35.4 Å². The van der Waals surface area contributed by atoms with E-state index >= 15 is 0 Å². The third-order valence-corrected chi connectivity index (χ3v) is 7.82. The summed E-state index contributed by atoms with van der Waals surface area (Å²) in [5.74, 6) is -1.95. The van der Waals surface area contributed by atoms with Crippen LogP contribution in [0.15, 0.2) is 50.5 Å². The minimum Gasteiger partial charge on any atom is -0.471 e. The molecule has 258 valence electrons. The number of fused-ring (bicyclic) bond motifs is 1. The molecule has 2 aromatic rings. The highest BCUT2D eigenvalue weighted by atomic mass is 79.9. The van der Waals surface area contributed by atoms with Crippen molar-refractivity contribution in [1.82, 2.24) is 25.1 Å². The zero-order valence-electron chi connectivity index (χ0n) is 26.8. The molecule has 2 aliphatic rings. The molecule has 1 amide bonds. The number of carbonyl (C=O) groups is 3. The van der Waals surface area contributed by atoms with E-state index in [0.29, 0.717) is 66.5 Å². The number of hydrogen-bond donors (Lipinski definition) is 4. The number of amidine groups is 1. The van der Waals surface area contributed by atoms with Crippen molar-refractivity contribution in [1.29, 1.82) is 5.41 Å². The predicted molar refractivity (Wildman–Crippen MR) is 185 cm³/mol. The summed E-state index contributed by atoms with van der Waals surface area (Å²) >= 11 is 7.50. The van der Waals surface area contributed by atoms with Crippen LogP contribution in [-0.4, -0.2) is 126 Å². The van der Waals surface area contributed by atoms with Gasteiger partial charge in [-0.3, -0.25) is 30.1 Å². The van der Waals surface area contributed by atoms with E-state index in [4.69, 9.17) is 24.4 Å². The average Bonchev–Trinajstić information content (AvgIpc) is 3.54. The summed E-state index contributed by atoms with van der Waals surface area (Å²) in [5.41, 5.74) is 1.67. The summed E-state index contributed by atoms with van der Waals surface area (Å²) in [6.07, 6.45) is 4.14. The lowest BCUT2D eigenvalue weighted by Crippen LogP contribution is -2.46. The first-order chi connectivity index (χ1) is 22.9. The van der Waals surface area contributed by atoms with Gasteiger partial charge >= 0.3 is 11.9 Å². The molecule has 1 aromatic heterocycles. The summed E-state index contributed by atoms with van der Waals surface area (Å²) in [7, 11) is 0. The first-order valence-corrected chi connectivity index (χ1v) is 16.2. The Morgan fingerprint density at radius 3 is 2.58 bits per heavy atom. The Morgan fingerprint density at radius 2 is 1.85 bits per heavy atom. The summed E-state index contributed by atoms with van der Waals surface area (Å²) in [6.45, 7) is 8.01. The lowest BCUT2D eigenvalue weighted by Gasteiger charge is -2.30. The van der Waals surface area contributed by atoms with Crippen molar-refractivity contribution < 1.29 is 33.3 Å². The molecule has 16 nitrogen and oxygen atoms in total. The van der Waals surface area contributed by atoms with Crippen molar-refractivity contribution in [3.63, 3.8) is 0 Å². The monoisotopic (exact) mass is 747 g/mol. The molecule has 0 unspecified atom stereocenters. The van der Waals surface area contributed by atoms with Crippen molar-refractivity contribution in [2.24, 2.45) is 9.39 Å². The third kappa shape index (κ3) is 10.7. The number of esters is 2. The number of benzene rings is 1. The number of amides is 1. The standard InChI is InChI=1S/C30H38BrN9O7S/c1-30(2,3)36-16-19(17-46-27(32)28(38-48)39-12-14-44-15-13-39)47-24(43)7-6-23(42)45-18-22(41)40-11-10-35-29(40)37-20-4-5-21-26(25(20)31)34-9-8-33-21/h4-9,19,32,36,48H,10-18H2,1-3H3,(H,35,37)/b7-6-,32-27?,38-28+/t19-/m0/s1. The van der Waals surface area contributed by atoms with Crippen molar-refractivity contribution in [2.75, 3.05) is 64.5 Å². The van der Waals surface area contributed by atoms with Gasteiger partial charge in [0, 0.05) is 56.3 Å². The van der Waals surface area contributed by atoms with Crippen LogP contribution in [0.25, 0.3) is 11.0 Å². The first-order valence-electron chi connectivity index (χ1n) is 15.0. The highest BCUT2D eigenvalue weighted by Crippen LogP contribution is 2.29. The second-order valence-electron chi connectivity index (χ2n) is 11.5. The number of carbonyl (C=O) groups excluding carboxylic acids is 3. The molecular weight excluding hydrogens is 710 g/mol. The number of halogens is 1. The van der Waals surface area contributed by atoms with Gasteiger partial charge in [0.2, 0.25) is 5.96 Å². The Morgan fingerprint density at radius 1 is 1.12 bits per heavy atom. The Labute approximate surface area is 291 Å². The number of anilines is 1. The second-order valence-corrected chi connectivity index (χ2v) is 12.5. The van der Waals surface area contributed by atoms with Crippen LogP contribution in [-0.2, 0) is 33.3 Å². The minimum absolute atomic E-state index is 0.158. The SMILES string of the molecule is CC(C)(C)NC[C@@H](COC(=N)/C(=N\S)N1CCOCC1)OC(=O)/C=C\C(=O)OCC(=O)N1CCN=C1Nc1ccc2nccnc2c1Br. The molecule has 3 heterocycles. The molecule has 0 radical (unpaired) electrons. The van der Waals surface area contributed by atoms with Crippen LogP contribution in [0.2, 0.25) is 0 Å². The number of aliphatic imine (C=N–C) groups is 1. The maximum atomic E-state index is 12.9. The molecule has 1 aromatic carbocycles. The van der Waals surface area contributed by atoms with Gasteiger partial charge in [0.1, 0.15) is 18.2 Å². The number of nitrogens with zero attached hydrogens (tertiary/aromatic N) is 6. The highest BCUT2D eigenvalue weighted by Gasteiger charge is 2.26. The quantitative estimate of drug-likeness (QED) is 0.0910. The van der Waals surface area contributed by atoms with Gasteiger partial charge in [-0.2, -0.15) is 4.40 Å². The average molecular weight is 749 g/mol. The number of aromatic nitrogens is 2. The Bertz CT molecular complexity index is 1590. The molecule has 2 aliphatic heterocycles. The van der Waals surface area contributed by atoms with E-state index in [-0.39, 0.29) is 30.4 Å². The number of thiol groups is 1. The number of ether oxygens (including phenoxy) is 4. The fourth-order valence-corrected chi connectivity index (χ4v) is 5.19. The lowest BCUT2D eigenvalue weighted by atomic mass is 10.1. The van der Waals surface area contributed by atoms with E-state index < -0.39 is 30.6 Å². The van der Waals surface area contributed by atoms with Gasteiger partial charge in [0.15, 0.2) is 12.4 Å². The summed E-state index contributed by atoms with van der Waals surface area (Å²) in [5, 5.41) is 14.7. The summed E-state index contributed by atoms with van der Waals surface area (Å²) < 4.78 is 26.1. The van der Waals surface area contributed by atoms with E-state index in [1.807, 2.05) is 25.7 Å². The molecular formula is C30H38BrN9O7S. The molecule has 18 heteroatoms. The van der Waals surface area contributed by atoms with Gasteiger partial charge in [-0.15, -0.1) is 0 Å². The van der Waals surface area contributed by atoms with Crippen molar-refractivity contribution >= 4 is 81.0 Å². The van der Waals surface area contributed by atoms with E-state index in [1.54, 1.807) is 24.5 Å². The summed E-state index contributed by atoms with van der Waals surface area (Å²) in [4.78, 5) is 54.0. The van der Waals surface area contributed by atoms with Crippen molar-refractivity contribution in [2.45, 2.75) is 32.4 Å². The molecule has 48 heavy (non-hydrogen) atoms. The van der Waals surface area contributed by atoms with Crippen LogP contribution >= 0.6 is 28.7 Å². The van der Waals surface area contributed by atoms with Crippen LogP contribution in [0.1, 0.15) is 20.8 Å². The van der Waals surface area contributed by atoms with Gasteiger partial charge < -0.3 is 34.5 Å². The summed E-state index contributed by atoms with van der Waals surface area (Å²) in [6, 6.07) is 3.58. The minimum atomic E-state index is -0.913.